The summed E-state index contributed by atoms with van der Waals surface area (Å²) in [6.45, 7) is 2.15. The van der Waals surface area contributed by atoms with Crippen LogP contribution in [-0.4, -0.2) is 22.3 Å². The Kier molecular flexibility index (Phi) is 5.61. The van der Waals surface area contributed by atoms with E-state index in [-0.39, 0.29) is 12.2 Å². The van der Waals surface area contributed by atoms with Gasteiger partial charge in [-0.2, -0.15) is 5.10 Å². The fraction of sp³-hybridized carbons (Fsp3) is 0.150. The number of ether oxygens (including phenoxy) is 1. The second-order valence-corrected chi connectivity index (χ2v) is 5.70. The van der Waals surface area contributed by atoms with Gasteiger partial charge in [-0.15, -0.1) is 0 Å². The highest BCUT2D eigenvalue weighted by Gasteiger charge is 2.10. The number of anilines is 1. The third-order valence-corrected chi connectivity index (χ3v) is 3.77. The maximum absolute atomic E-state index is 13.6. The van der Waals surface area contributed by atoms with Crippen LogP contribution >= 0.6 is 0 Å². The number of benzene rings is 2. The van der Waals surface area contributed by atoms with Crippen molar-refractivity contribution in [2.75, 3.05) is 11.9 Å². The number of aromatic nitrogens is 2. The van der Waals surface area contributed by atoms with E-state index in [0.717, 1.165) is 16.0 Å². The number of carbonyl (C=O) groups is 1. The lowest BCUT2D eigenvalue weighted by Gasteiger charge is -2.09. The first-order valence-electron chi connectivity index (χ1n) is 8.42. The van der Waals surface area contributed by atoms with E-state index in [4.69, 9.17) is 4.74 Å². The Bertz CT molecular complexity index is 1000. The molecular formula is C20H18FN3O3. The van der Waals surface area contributed by atoms with Crippen LogP contribution in [0.2, 0.25) is 0 Å². The summed E-state index contributed by atoms with van der Waals surface area (Å²) in [5.74, 6) is -0.355. The number of carbonyl (C=O) groups excluding carboxylic acids is 1. The van der Waals surface area contributed by atoms with Gasteiger partial charge >= 0.3 is 0 Å². The second-order valence-electron chi connectivity index (χ2n) is 5.70. The van der Waals surface area contributed by atoms with Crippen LogP contribution in [0.15, 0.2) is 65.5 Å². The fourth-order valence-electron chi connectivity index (χ4n) is 2.49. The number of nitrogens with zero attached hydrogens (tertiary/aromatic N) is 2. The van der Waals surface area contributed by atoms with Crippen molar-refractivity contribution in [1.82, 2.24) is 9.78 Å². The molecule has 1 amide bonds. The van der Waals surface area contributed by atoms with Gasteiger partial charge in [0.25, 0.3) is 5.56 Å². The lowest BCUT2D eigenvalue weighted by molar-refractivity contribution is -0.117. The van der Waals surface area contributed by atoms with Crippen molar-refractivity contribution in [2.45, 2.75) is 13.5 Å². The van der Waals surface area contributed by atoms with E-state index in [1.807, 2.05) is 19.1 Å². The minimum absolute atomic E-state index is 0.0539. The molecule has 0 fully saturated rings. The van der Waals surface area contributed by atoms with Gasteiger partial charge in [0.15, 0.2) is 0 Å². The highest BCUT2D eigenvalue weighted by atomic mass is 19.1. The largest absolute Gasteiger partial charge is 0.494 e. The van der Waals surface area contributed by atoms with Crippen molar-refractivity contribution in [3.05, 3.63) is 76.8 Å². The van der Waals surface area contributed by atoms with Gasteiger partial charge in [0.05, 0.1) is 18.0 Å². The number of hydrogen-bond acceptors (Lipinski definition) is 4. The van der Waals surface area contributed by atoms with Gasteiger partial charge in [-0.05, 0) is 49.4 Å². The van der Waals surface area contributed by atoms with Gasteiger partial charge < -0.3 is 10.1 Å². The Morgan fingerprint density at radius 1 is 1.11 bits per heavy atom. The Morgan fingerprint density at radius 3 is 2.56 bits per heavy atom. The topological polar surface area (TPSA) is 73.2 Å². The zero-order valence-corrected chi connectivity index (χ0v) is 14.7. The Labute approximate surface area is 155 Å². The average Bonchev–Trinajstić information content (AvgIpc) is 2.66. The maximum Gasteiger partial charge on any atom is 0.267 e. The predicted molar refractivity (Wildman–Crippen MR) is 100 cm³/mol. The molecule has 0 saturated carbocycles. The van der Waals surface area contributed by atoms with Crippen molar-refractivity contribution < 1.29 is 13.9 Å². The molecule has 27 heavy (non-hydrogen) atoms. The Hall–Kier alpha value is -3.48. The molecule has 0 radical (unpaired) electrons. The molecule has 3 rings (SSSR count). The summed E-state index contributed by atoms with van der Waals surface area (Å²) in [5, 5.41) is 6.67. The average molecular weight is 367 g/mol. The number of halogens is 1. The lowest BCUT2D eigenvalue weighted by atomic mass is 10.1. The van der Waals surface area contributed by atoms with E-state index in [9.17, 15) is 14.0 Å². The van der Waals surface area contributed by atoms with Crippen LogP contribution in [0.25, 0.3) is 11.3 Å². The molecule has 138 valence electrons. The van der Waals surface area contributed by atoms with Crippen LogP contribution in [0.4, 0.5) is 10.1 Å². The second kappa shape index (κ2) is 8.27. The SMILES string of the molecule is CCOc1ccc(-c2ccc(=O)n(CC(=O)Nc3ccccc3F)n2)cc1. The molecule has 0 aliphatic rings. The van der Waals surface area contributed by atoms with Crippen LogP contribution in [0.5, 0.6) is 5.75 Å². The summed E-state index contributed by atoms with van der Waals surface area (Å²) < 4.78 is 20.1. The molecule has 2 aromatic carbocycles. The Morgan fingerprint density at radius 2 is 1.85 bits per heavy atom. The molecular weight excluding hydrogens is 349 g/mol. The van der Waals surface area contributed by atoms with E-state index in [1.165, 1.54) is 24.3 Å². The number of para-hydroxylation sites is 1. The van der Waals surface area contributed by atoms with Crippen molar-refractivity contribution in [2.24, 2.45) is 0 Å². The molecule has 0 bridgehead atoms. The van der Waals surface area contributed by atoms with E-state index >= 15 is 0 Å². The highest BCUT2D eigenvalue weighted by Crippen LogP contribution is 2.20. The van der Waals surface area contributed by atoms with Crippen LogP contribution in [0.1, 0.15) is 6.92 Å². The summed E-state index contributed by atoms with van der Waals surface area (Å²) in [7, 11) is 0. The maximum atomic E-state index is 13.6. The van der Waals surface area contributed by atoms with E-state index in [1.54, 1.807) is 24.3 Å². The van der Waals surface area contributed by atoms with E-state index < -0.39 is 17.3 Å². The summed E-state index contributed by atoms with van der Waals surface area (Å²) >= 11 is 0. The zero-order valence-electron chi connectivity index (χ0n) is 14.7. The van der Waals surface area contributed by atoms with E-state index in [0.29, 0.717) is 12.3 Å². The van der Waals surface area contributed by atoms with Crippen LogP contribution in [-0.2, 0) is 11.3 Å². The lowest BCUT2D eigenvalue weighted by Crippen LogP contribution is -2.29. The first-order valence-corrected chi connectivity index (χ1v) is 8.42. The zero-order chi connectivity index (χ0) is 19.2. The molecule has 3 aromatic rings. The molecule has 1 aromatic heterocycles. The number of rotatable bonds is 6. The van der Waals surface area contributed by atoms with Crippen molar-refractivity contribution in [3.63, 3.8) is 0 Å². The standard InChI is InChI=1S/C20H18FN3O3/c1-2-27-15-9-7-14(8-10-15)17-11-12-20(26)24(23-17)13-19(25)22-18-6-4-3-5-16(18)21/h3-12H,2,13H2,1H3,(H,22,25). The third kappa shape index (κ3) is 4.58. The summed E-state index contributed by atoms with van der Waals surface area (Å²) in [6, 6.07) is 16.0. The van der Waals surface area contributed by atoms with Gasteiger partial charge in [0.2, 0.25) is 5.91 Å². The molecule has 0 spiro atoms. The molecule has 0 atom stereocenters. The van der Waals surface area contributed by atoms with Gasteiger partial charge in [-0.3, -0.25) is 9.59 Å². The number of hydrogen-bond donors (Lipinski definition) is 1. The van der Waals surface area contributed by atoms with Crippen LogP contribution < -0.4 is 15.6 Å². The minimum atomic E-state index is -0.547. The molecule has 6 nitrogen and oxygen atoms in total. The summed E-state index contributed by atoms with van der Waals surface area (Å²) in [6.07, 6.45) is 0. The number of nitrogens with one attached hydrogen (secondary N) is 1. The number of amides is 1. The minimum Gasteiger partial charge on any atom is -0.494 e. The molecule has 1 heterocycles. The molecule has 0 aliphatic carbocycles. The Balaban J connectivity index is 1.78. The van der Waals surface area contributed by atoms with Crippen molar-refractivity contribution >= 4 is 11.6 Å². The fourth-order valence-corrected chi connectivity index (χ4v) is 2.49. The van der Waals surface area contributed by atoms with Crippen LogP contribution in [0.3, 0.4) is 0 Å². The molecule has 0 saturated heterocycles. The molecule has 7 heteroatoms. The predicted octanol–water partition coefficient (Wildman–Crippen LogP) is 3.09. The van der Waals surface area contributed by atoms with Gasteiger partial charge in [-0.25, -0.2) is 9.07 Å². The quantitative estimate of drug-likeness (QED) is 0.727. The van der Waals surface area contributed by atoms with Gasteiger partial charge in [0.1, 0.15) is 18.1 Å². The van der Waals surface area contributed by atoms with Gasteiger partial charge in [-0.1, -0.05) is 12.1 Å². The molecule has 0 aliphatic heterocycles. The van der Waals surface area contributed by atoms with Crippen molar-refractivity contribution in [3.8, 4) is 17.0 Å². The van der Waals surface area contributed by atoms with Gasteiger partial charge in [0, 0.05) is 11.6 Å². The summed E-state index contributed by atoms with van der Waals surface area (Å²) in [4.78, 5) is 24.2. The smallest absolute Gasteiger partial charge is 0.267 e. The highest BCUT2D eigenvalue weighted by molar-refractivity contribution is 5.90. The first-order chi connectivity index (χ1) is 13.1. The van der Waals surface area contributed by atoms with Crippen LogP contribution in [0, 0.1) is 5.82 Å². The van der Waals surface area contributed by atoms with Crippen molar-refractivity contribution in [1.29, 1.82) is 0 Å². The normalized spacial score (nSPS) is 10.4. The third-order valence-electron chi connectivity index (χ3n) is 3.77. The van der Waals surface area contributed by atoms with E-state index in [2.05, 4.69) is 10.4 Å². The summed E-state index contributed by atoms with van der Waals surface area (Å²) in [5.41, 5.74) is 0.949. The molecule has 1 N–H and O–H groups in total. The molecule has 0 unspecified atom stereocenters. The monoisotopic (exact) mass is 367 g/mol. The first kappa shape index (κ1) is 18.3.